The molecular weight excluding hydrogens is 170 g/mol. The Morgan fingerprint density at radius 1 is 1.33 bits per heavy atom. The molecule has 66 valence electrons. The van der Waals surface area contributed by atoms with Gasteiger partial charge in [0.1, 0.15) is 0 Å². The van der Waals surface area contributed by atoms with Crippen LogP contribution in [-0.4, -0.2) is 6.54 Å². The Morgan fingerprint density at radius 3 is 2.33 bits per heavy atom. The molecule has 0 aliphatic rings. The molecule has 0 saturated heterocycles. The Hall–Kier alpha value is -0.530. The lowest BCUT2D eigenvalue weighted by molar-refractivity contribution is 0.674. The molecule has 1 rings (SSSR count). The van der Waals surface area contributed by atoms with Crippen LogP contribution in [0.4, 0.5) is 0 Å². The van der Waals surface area contributed by atoms with E-state index in [1.807, 2.05) is 24.3 Å². The number of benzene rings is 1. The Kier molecular flexibility index (Phi) is 3.57. The predicted octanol–water partition coefficient (Wildman–Crippen LogP) is 2.79. The lowest BCUT2D eigenvalue weighted by Gasteiger charge is -2.11. The molecule has 0 heterocycles. The maximum atomic E-state index is 5.77. The maximum absolute atomic E-state index is 5.77. The zero-order chi connectivity index (χ0) is 8.97. The second kappa shape index (κ2) is 4.48. The molecule has 0 aromatic heterocycles. The molecule has 2 N–H and O–H groups in total. The number of hydrogen-bond donors (Lipinski definition) is 1. The van der Waals surface area contributed by atoms with Crippen LogP contribution in [0.15, 0.2) is 24.3 Å². The summed E-state index contributed by atoms with van der Waals surface area (Å²) in [7, 11) is 0. The molecule has 1 aromatic rings. The van der Waals surface area contributed by atoms with Crippen molar-refractivity contribution >= 4 is 11.6 Å². The summed E-state index contributed by atoms with van der Waals surface area (Å²) in [5, 5.41) is 0.783. The van der Waals surface area contributed by atoms with Crippen LogP contribution in [0.5, 0.6) is 0 Å². The van der Waals surface area contributed by atoms with Gasteiger partial charge in [-0.3, -0.25) is 0 Å². The topological polar surface area (TPSA) is 26.0 Å². The van der Waals surface area contributed by atoms with E-state index in [1.54, 1.807) is 0 Å². The van der Waals surface area contributed by atoms with Crippen LogP contribution in [0.2, 0.25) is 5.02 Å². The third-order valence-electron chi connectivity index (χ3n) is 2.12. The first kappa shape index (κ1) is 9.56. The van der Waals surface area contributed by atoms with Gasteiger partial charge in [0.15, 0.2) is 0 Å². The van der Waals surface area contributed by atoms with Gasteiger partial charge in [-0.25, -0.2) is 0 Å². The molecule has 2 heteroatoms. The van der Waals surface area contributed by atoms with Gasteiger partial charge in [0.05, 0.1) is 0 Å². The van der Waals surface area contributed by atoms with E-state index in [4.69, 9.17) is 17.3 Å². The molecule has 0 saturated carbocycles. The summed E-state index contributed by atoms with van der Waals surface area (Å²) >= 11 is 5.77. The Bertz CT molecular complexity index is 226. The van der Waals surface area contributed by atoms with Crippen LogP contribution in [0.25, 0.3) is 0 Å². The molecule has 12 heavy (non-hydrogen) atoms. The lowest BCUT2D eigenvalue weighted by Crippen LogP contribution is -2.11. The zero-order valence-electron chi connectivity index (χ0n) is 7.26. The smallest absolute Gasteiger partial charge is 0.0406 e. The summed E-state index contributed by atoms with van der Waals surface area (Å²) in [6, 6.07) is 7.91. The molecule has 0 spiro atoms. The average molecular weight is 184 g/mol. The maximum Gasteiger partial charge on any atom is 0.0406 e. The first-order chi connectivity index (χ1) is 5.77. The van der Waals surface area contributed by atoms with Gasteiger partial charge in [-0.2, -0.15) is 0 Å². The van der Waals surface area contributed by atoms with Crippen LogP contribution in [0.1, 0.15) is 24.8 Å². The number of rotatable bonds is 3. The normalized spacial score (nSPS) is 12.9. The lowest BCUT2D eigenvalue weighted by atomic mass is 9.97. The Balaban J connectivity index is 2.80. The summed E-state index contributed by atoms with van der Waals surface area (Å²) < 4.78 is 0. The van der Waals surface area contributed by atoms with Crippen molar-refractivity contribution in [2.45, 2.75) is 19.3 Å². The largest absolute Gasteiger partial charge is 0.330 e. The van der Waals surface area contributed by atoms with Gasteiger partial charge < -0.3 is 5.73 Å². The van der Waals surface area contributed by atoms with Crippen molar-refractivity contribution in [1.82, 2.24) is 0 Å². The van der Waals surface area contributed by atoms with E-state index in [1.165, 1.54) is 5.56 Å². The van der Waals surface area contributed by atoms with Gasteiger partial charge >= 0.3 is 0 Å². The summed E-state index contributed by atoms with van der Waals surface area (Å²) in [4.78, 5) is 0. The summed E-state index contributed by atoms with van der Waals surface area (Å²) in [5.41, 5.74) is 6.90. The number of hydrogen-bond acceptors (Lipinski definition) is 1. The molecule has 0 amide bonds. The van der Waals surface area contributed by atoms with E-state index in [-0.39, 0.29) is 0 Å². The molecule has 0 bridgehead atoms. The van der Waals surface area contributed by atoms with Gasteiger partial charge in [-0.1, -0.05) is 30.7 Å². The Labute approximate surface area is 78.5 Å². The monoisotopic (exact) mass is 183 g/mol. The highest BCUT2D eigenvalue weighted by molar-refractivity contribution is 6.30. The van der Waals surface area contributed by atoms with Crippen molar-refractivity contribution in [1.29, 1.82) is 0 Å². The third kappa shape index (κ3) is 2.23. The summed E-state index contributed by atoms with van der Waals surface area (Å²) in [6.45, 7) is 2.85. The number of halogens is 1. The minimum absolute atomic E-state index is 0.474. The van der Waals surface area contributed by atoms with Crippen LogP contribution in [-0.2, 0) is 0 Å². The van der Waals surface area contributed by atoms with Gasteiger partial charge in [-0.15, -0.1) is 0 Å². The second-order valence-electron chi connectivity index (χ2n) is 2.89. The van der Waals surface area contributed by atoms with Crippen LogP contribution in [0, 0.1) is 0 Å². The van der Waals surface area contributed by atoms with Crippen molar-refractivity contribution < 1.29 is 0 Å². The summed E-state index contributed by atoms with van der Waals surface area (Å²) in [5.74, 6) is 0.474. The van der Waals surface area contributed by atoms with E-state index in [0.29, 0.717) is 12.5 Å². The fourth-order valence-electron chi connectivity index (χ4n) is 1.27. The van der Waals surface area contributed by atoms with Gasteiger partial charge in [0.25, 0.3) is 0 Å². The standard InChI is InChI=1S/C10H14ClN/c1-2-8(7-12)9-3-5-10(11)6-4-9/h3-6,8H,2,7,12H2,1H3/t8-/m0/s1. The SMILES string of the molecule is CC[C@@H](CN)c1ccc(Cl)cc1. The van der Waals surface area contributed by atoms with Gasteiger partial charge in [0.2, 0.25) is 0 Å². The van der Waals surface area contributed by atoms with E-state index < -0.39 is 0 Å². The molecule has 0 unspecified atom stereocenters. The first-order valence-electron chi connectivity index (χ1n) is 4.23. The van der Waals surface area contributed by atoms with Crippen LogP contribution >= 0.6 is 11.6 Å². The van der Waals surface area contributed by atoms with Crippen molar-refractivity contribution in [2.24, 2.45) is 5.73 Å². The molecule has 0 fully saturated rings. The van der Waals surface area contributed by atoms with Gasteiger partial charge in [0, 0.05) is 5.02 Å². The highest BCUT2D eigenvalue weighted by Gasteiger charge is 2.05. The molecule has 1 aromatic carbocycles. The number of nitrogens with two attached hydrogens (primary N) is 1. The molecular formula is C10H14ClN. The van der Waals surface area contributed by atoms with E-state index in [2.05, 4.69) is 6.92 Å². The third-order valence-corrected chi connectivity index (χ3v) is 2.37. The minimum atomic E-state index is 0.474. The summed E-state index contributed by atoms with van der Waals surface area (Å²) in [6.07, 6.45) is 1.08. The molecule has 0 aliphatic heterocycles. The van der Waals surface area contributed by atoms with E-state index >= 15 is 0 Å². The quantitative estimate of drug-likeness (QED) is 0.767. The van der Waals surface area contributed by atoms with Crippen molar-refractivity contribution in [3.05, 3.63) is 34.9 Å². The van der Waals surface area contributed by atoms with Crippen LogP contribution < -0.4 is 5.73 Å². The van der Waals surface area contributed by atoms with Crippen molar-refractivity contribution in [3.63, 3.8) is 0 Å². The fraction of sp³-hybridized carbons (Fsp3) is 0.400. The molecule has 0 aliphatic carbocycles. The van der Waals surface area contributed by atoms with E-state index in [0.717, 1.165) is 11.4 Å². The van der Waals surface area contributed by atoms with Crippen molar-refractivity contribution in [2.75, 3.05) is 6.54 Å². The molecule has 0 radical (unpaired) electrons. The second-order valence-corrected chi connectivity index (χ2v) is 3.33. The van der Waals surface area contributed by atoms with Crippen LogP contribution in [0.3, 0.4) is 0 Å². The molecule has 1 atom stereocenters. The highest BCUT2D eigenvalue weighted by atomic mass is 35.5. The fourth-order valence-corrected chi connectivity index (χ4v) is 1.40. The highest BCUT2D eigenvalue weighted by Crippen LogP contribution is 2.19. The average Bonchev–Trinajstić information content (AvgIpc) is 2.10. The zero-order valence-corrected chi connectivity index (χ0v) is 8.01. The van der Waals surface area contributed by atoms with Crippen molar-refractivity contribution in [3.8, 4) is 0 Å². The van der Waals surface area contributed by atoms with Gasteiger partial charge in [-0.05, 0) is 36.6 Å². The Morgan fingerprint density at radius 2 is 1.92 bits per heavy atom. The molecule has 1 nitrogen and oxygen atoms in total. The predicted molar refractivity (Wildman–Crippen MR) is 53.5 cm³/mol. The first-order valence-corrected chi connectivity index (χ1v) is 4.61. The van der Waals surface area contributed by atoms with E-state index in [9.17, 15) is 0 Å². The minimum Gasteiger partial charge on any atom is -0.330 e.